The van der Waals surface area contributed by atoms with Crippen LogP contribution >= 0.6 is 22.9 Å². The van der Waals surface area contributed by atoms with E-state index in [0.717, 1.165) is 4.70 Å². The molecule has 7 heteroatoms. The van der Waals surface area contributed by atoms with Crippen molar-refractivity contribution in [2.75, 3.05) is 13.2 Å². The number of rotatable bonds is 5. The van der Waals surface area contributed by atoms with Gasteiger partial charge in [-0.3, -0.25) is 0 Å². The molecule has 104 valence electrons. The van der Waals surface area contributed by atoms with Crippen molar-refractivity contribution >= 4 is 43.0 Å². The number of aliphatic hydroxyl groups is 1. The first-order valence-corrected chi connectivity index (χ1v) is 8.45. The van der Waals surface area contributed by atoms with Gasteiger partial charge >= 0.3 is 0 Å². The highest BCUT2D eigenvalue weighted by molar-refractivity contribution is 7.90. The van der Waals surface area contributed by atoms with Crippen LogP contribution in [0.5, 0.6) is 0 Å². The Bertz CT molecular complexity index is 681. The summed E-state index contributed by atoms with van der Waals surface area (Å²) in [5.41, 5.74) is 0. The molecule has 0 saturated heterocycles. The topological polar surface area (TPSA) is 66.4 Å². The molecule has 0 bridgehead atoms. The first kappa shape index (κ1) is 14.7. The molecule has 1 aromatic carbocycles. The van der Waals surface area contributed by atoms with Gasteiger partial charge in [0.05, 0.1) is 0 Å². The van der Waals surface area contributed by atoms with E-state index in [1.807, 2.05) is 0 Å². The minimum absolute atomic E-state index is 0.0568. The van der Waals surface area contributed by atoms with Crippen molar-refractivity contribution in [2.24, 2.45) is 5.92 Å². The lowest BCUT2D eigenvalue weighted by atomic mass is 10.2. The summed E-state index contributed by atoms with van der Waals surface area (Å²) in [6.07, 6.45) is 0. The highest BCUT2D eigenvalue weighted by Gasteiger charge is 2.19. The number of hydrogen-bond donors (Lipinski definition) is 2. The van der Waals surface area contributed by atoms with Crippen molar-refractivity contribution in [3.8, 4) is 0 Å². The van der Waals surface area contributed by atoms with Crippen LogP contribution in [0.1, 0.15) is 6.92 Å². The van der Waals surface area contributed by atoms with Gasteiger partial charge in [0, 0.05) is 33.6 Å². The fourth-order valence-corrected chi connectivity index (χ4v) is 4.39. The van der Waals surface area contributed by atoms with Crippen LogP contribution in [0.25, 0.3) is 10.1 Å². The first-order valence-electron chi connectivity index (χ1n) is 5.71. The second-order valence-electron chi connectivity index (χ2n) is 4.38. The predicted molar refractivity (Wildman–Crippen MR) is 78.3 cm³/mol. The number of thiophene rings is 1. The van der Waals surface area contributed by atoms with Crippen molar-refractivity contribution < 1.29 is 13.5 Å². The van der Waals surface area contributed by atoms with E-state index >= 15 is 0 Å². The molecule has 0 fully saturated rings. The van der Waals surface area contributed by atoms with Gasteiger partial charge in [-0.25, -0.2) is 13.1 Å². The maximum atomic E-state index is 12.2. The average molecular weight is 320 g/mol. The first-order chi connectivity index (χ1) is 8.94. The minimum Gasteiger partial charge on any atom is -0.396 e. The fraction of sp³-hybridized carbons (Fsp3) is 0.333. The van der Waals surface area contributed by atoms with Crippen LogP contribution in [0, 0.1) is 5.92 Å². The van der Waals surface area contributed by atoms with E-state index in [1.54, 1.807) is 30.5 Å². The van der Waals surface area contributed by atoms with Crippen LogP contribution in [0.3, 0.4) is 0 Å². The highest BCUT2D eigenvalue weighted by atomic mass is 35.5. The summed E-state index contributed by atoms with van der Waals surface area (Å²) in [5, 5.41) is 11.7. The molecule has 1 atom stereocenters. The van der Waals surface area contributed by atoms with Crippen LogP contribution in [0.4, 0.5) is 0 Å². The summed E-state index contributed by atoms with van der Waals surface area (Å²) in [6, 6.07) is 5.19. The summed E-state index contributed by atoms with van der Waals surface area (Å²) in [7, 11) is -3.57. The number of fused-ring (bicyclic) bond motifs is 1. The number of aliphatic hydroxyl groups excluding tert-OH is 1. The Morgan fingerprint density at radius 1 is 1.47 bits per heavy atom. The molecular formula is C12H14ClNO3S2. The van der Waals surface area contributed by atoms with Crippen molar-refractivity contribution in [1.29, 1.82) is 0 Å². The van der Waals surface area contributed by atoms with E-state index in [9.17, 15) is 8.42 Å². The van der Waals surface area contributed by atoms with Gasteiger partial charge in [-0.2, -0.15) is 0 Å². The molecule has 0 aliphatic rings. The average Bonchev–Trinajstić information content (AvgIpc) is 2.79. The normalized spacial score (nSPS) is 13.8. The summed E-state index contributed by atoms with van der Waals surface area (Å²) in [6.45, 7) is 1.92. The van der Waals surface area contributed by atoms with Gasteiger partial charge in [0.2, 0.25) is 10.0 Å². The number of halogens is 1. The smallest absolute Gasteiger partial charge is 0.242 e. The largest absolute Gasteiger partial charge is 0.396 e. The second-order valence-corrected chi connectivity index (χ2v) is 7.46. The van der Waals surface area contributed by atoms with E-state index in [0.29, 0.717) is 10.4 Å². The molecule has 1 unspecified atom stereocenters. The lowest BCUT2D eigenvalue weighted by Gasteiger charge is -2.09. The molecule has 0 spiro atoms. The standard InChI is InChI=1S/C12H14ClNO3S2/c1-8(6-15)5-14-19(16,17)12-7-18-11-3-2-9(13)4-10(11)12/h2-4,7-8,14-15H,5-6H2,1H3. The zero-order chi connectivity index (χ0) is 14.0. The molecule has 0 radical (unpaired) electrons. The molecule has 1 aromatic heterocycles. The van der Waals surface area contributed by atoms with Crippen LogP contribution in [-0.4, -0.2) is 26.7 Å². The third-order valence-electron chi connectivity index (χ3n) is 2.72. The van der Waals surface area contributed by atoms with Crippen LogP contribution in [-0.2, 0) is 10.0 Å². The molecule has 0 amide bonds. The minimum atomic E-state index is -3.57. The van der Waals surface area contributed by atoms with Crippen molar-refractivity contribution in [1.82, 2.24) is 4.72 Å². The quantitative estimate of drug-likeness (QED) is 0.889. The zero-order valence-electron chi connectivity index (χ0n) is 10.3. The maximum absolute atomic E-state index is 12.2. The van der Waals surface area contributed by atoms with Crippen molar-refractivity contribution in [2.45, 2.75) is 11.8 Å². The third kappa shape index (κ3) is 3.27. The molecule has 19 heavy (non-hydrogen) atoms. The van der Waals surface area contributed by atoms with Gasteiger partial charge < -0.3 is 5.11 Å². The van der Waals surface area contributed by atoms with Gasteiger partial charge in [0.1, 0.15) is 4.90 Å². The molecule has 0 aliphatic carbocycles. The lowest BCUT2D eigenvalue weighted by Crippen LogP contribution is -2.29. The maximum Gasteiger partial charge on any atom is 0.242 e. The summed E-state index contributed by atoms with van der Waals surface area (Å²) >= 11 is 7.27. The van der Waals surface area contributed by atoms with Gasteiger partial charge in [0.25, 0.3) is 0 Å². The zero-order valence-corrected chi connectivity index (χ0v) is 12.6. The molecule has 0 aliphatic heterocycles. The van der Waals surface area contributed by atoms with Crippen LogP contribution in [0.15, 0.2) is 28.5 Å². The van der Waals surface area contributed by atoms with Crippen molar-refractivity contribution in [3.05, 3.63) is 28.6 Å². The van der Waals surface area contributed by atoms with Crippen LogP contribution in [0.2, 0.25) is 5.02 Å². The summed E-state index contributed by atoms with van der Waals surface area (Å²) in [5.74, 6) is -0.122. The summed E-state index contributed by atoms with van der Waals surface area (Å²) in [4.78, 5) is 0.236. The molecule has 1 heterocycles. The van der Waals surface area contributed by atoms with Gasteiger partial charge in [-0.1, -0.05) is 18.5 Å². The summed E-state index contributed by atoms with van der Waals surface area (Å²) < 4.78 is 27.8. The van der Waals surface area contributed by atoms with E-state index in [2.05, 4.69) is 4.72 Å². The van der Waals surface area contributed by atoms with E-state index < -0.39 is 10.0 Å². The predicted octanol–water partition coefficient (Wildman–Crippen LogP) is 2.46. The van der Waals surface area contributed by atoms with E-state index in [1.165, 1.54) is 11.3 Å². The number of benzene rings is 1. The Kier molecular flexibility index (Phi) is 4.47. The molecule has 2 rings (SSSR count). The highest BCUT2D eigenvalue weighted by Crippen LogP contribution is 2.31. The lowest BCUT2D eigenvalue weighted by molar-refractivity contribution is 0.238. The van der Waals surface area contributed by atoms with Crippen LogP contribution < -0.4 is 4.72 Å². The molecule has 4 nitrogen and oxygen atoms in total. The molecule has 2 N–H and O–H groups in total. The SMILES string of the molecule is CC(CO)CNS(=O)(=O)c1csc2ccc(Cl)cc12. The molecule has 0 saturated carbocycles. The van der Waals surface area contributed by atoms with Gasteiger partial charge in [-0.05, 0) is 24.1 Å². The van der Waals surface area contributed by atoms with E-state index in [-0.39, 0.29) is 24.0 Å². The third-order valence-corrected chi connectivity index (χ3v) is 5.53. The Morgan fingerprint density at radius 3 is 2.89 bits per heavy atom. The fourth-order valence-electron chi connectivity index (χ4n) is 1.58. The van der Waals surface area contributed by atoms with Crippen molar-refractivity contribution in [3.63, 3.8) is 0 Å². The molecule has 2 aromatic rings. The second kappa shape index (κ2) is 5.76. The number of nitrogens with one attached hydrogen (secondary N) is 1. The Hall–Kier alpha value is -0.660. The number of sulfonamides is 1. The molecular weight excluding hydrogens is 306 g/mol. The van der Waals surface area contributed by atoms with Gasteiger partial charge in [0.15, 0.2) is 0 Å². The number of hydrogen-bond acceptors (Lipinski definition) is 4. The Balaban J connectivity index is 2.35. The Labute approximate surface area is 121 Å². The monoisotopic (exact) mass is 319 g/mol. The van der Waals surface area contributed by atoms with E-state index in [4.69, 9.17) is 16.7 Å². The Morgan fingerprint density at radius 2 is 2.21 bits per heavy atom. The van der Waals surface area contributed by atoms with Gasteiger partial charge in [-0.15, -0.1) is 11.3 Å².